The van der Waals surface area contributed by atoms with Crippen LogP contribution in [0.3, 0.4) is 0 Å². The molecule has 2 atom stereocenters. The number of rotatable bonds is 6. The van der Waals surface area contributed by atoms with E-state index >= 15 is 0 Å². The third-order valence-corrected chi connectivity index (χ3v) is 3.95. The minimum atomic E-state index is -0.0827. The first-order chi connectivity index (χ1) is 8.50. The van der Waals surface area contributed by atoms with E-state index in [0.29, 0.717) is 12.0 Å². The maximum Gasteiger partial charge on any atom is 0.236 e. The van der Waals surface area contributed by atoms with Gasteiger partial charge in [0, 0.05) is 12.6 Å². The summed E-state index contributed by atoms with van der Waals surface area (Å²) in [5.74, 6) is 1.39. The Bertz CT molecular complexity index is 247. The van der Waals surface area contributed by atoms with E-state index in [1.165, 1.54) is 32.1 Å². The van der Waals surface area contributed by atoms with E-state index in [0.717, 1.165) is 12.5 Å². The van der Waals surface area contributed by atoms with Gasteiger partial charge in [0.05, 0.1) is 6.04 Å². The number of hydrogen-bond donors (Lipinski definition) is 2. The zero-order valence-electron chi connectivity index (χ0n) is 12.5. The van der Waals surface area contributed by atoms with Crippen molar-refractivity contribution in [1.29, 1.82) is 0 Å². The topological polar surface area (TPSA) is 41.1 Å². The molecular formula is C15H30N2O. The molecule has 2 unspecified atom stereocenters. The Morgan fingerprint density at radius 3 is 2.28 bits per heavy atom. The third kappa shape index (κ3) is 5.38. The second kappa shape index (κ2) is 7.78. The van der Waals surface area contributed by atoms with Crippen LogP contribution in [0.15, 0.2) is 0 Å². The molecule has 106 valence electrons. The van der Waals surface area contributed by atoms with E-state index in [1.807, 2.05) is 6.92 Å². The predicted octanol–water partition coefficient (Wildman–Crippen LogP) is 2.71. The van der Waals surface area contributed by atoms with Gasteiger partial charge in [-0.3, -0.25) is 4.79 Å². The first-order valence-electron chi connectivity index (χ1n) is 7.54. The van der Waals surface area contributed by atoms with Gasteiger partial charge in [-0.25, -0.2) is 0 Å². The van der Waals surface area contributed by atoms with Crippen LogP contribution < -0.4 is 10.6 Å². The lowest BCUT2D eigenvalue weighted by Crippen LogP contribution is -2.48. The lowest BCUT2D eigenvalue weighted by atomic mass is 9.84. The van der Waals surface area contributed by atoms with E-state index in [9.17, 15) is 4.79 Å². The molecule has 3 nitrogen and oxygen atoms in total. The Morgan fingerprint density at radius 1 is 1.11 bits per heavy atom. The van der Waals surface area contributed by atoms with Crippen LogP contribution in [-0.4, -0.2) is 24.5 Å². The molecule has 0 heterocycles. The number of carbonyl (C=O) groups excluding carboxylic acids is 1. The van der Waals surface area contributed by atoms with E-state index in [4.69, 9.17) is 0 Å². The van der Waals surface area contributed by atoms with Crippen LogP contribution >= 0.6 is 0 Å². The number of hydrogen-bond acceptors (Lipinski definition) is 2. The largest absolute Gasteiger partial charge is 0.354 e. The number of amides is 1. The average Bonchev–Trinajstić information content (AvgIpc) is 2.36. The van der Waals surface area contributed by atoms with Gasteiger partial charge in [0.2, 0.25) is 5.91 Å². The molecular weight excluding hydrogens is 224 g/mol. The predicted molar refractivity (Wildman–Crippen MR) is 76.5 cm³/mol. The second-order valence-corrected chi connectivity index (χ2v) is 6.21. The Balaban J connectivity index is 2.28. The fraction of sp³-hybridized carbons (Fsp3) is 0.933. The summed E-state index contributed by atoms with van der Waals surface area (Å²) in [6.45, 7) is 9.19. The van der Waals surface area contributed by atoms with Crippen molar-refractivity contribution in [3.05, 3.63) is 0 Å². The fourth-order valence-electron chi connectivity index (χ4n) is 2.70. The molecule has 0 aromatic carbocycles. The molecule has 0 aliphatic heterocycles. The number of nitrogens with one attached hydrogen (secondary N) is 2. The molecule has 0 aromatic rings. The van der Waals surface area contributed by atoms with Gasteiger partial charge in [-0.15, -0.1) is 0 Å². The summed E-state index contributed by atoms with van der Waals surface area (Å²) in [5.41, 5.74) is 0. The Hall–Kier alpha value is -0.570. The van der Waals surface area contributed by atoms with Gasteiger partial charge in [0.1, 0.15) is 0 Å². The van der Waals surface area contributed by atoms with Crippen molar-refractivity contribution in [3.8, 4) is 0 Å². The molecule has 2 N–H and O–H groups in total. The molecule has 0 bridgehead atoms. The van der Waals surface area contributed by atoms with Crippen LogP contribution in [0.25, 0.3) is 0 Å². The van der Waals surface area contributed by atoms with Crippen molar-refractivity contribution < 1.29 is 4.79 Å². The molecule has 1 amide bonds. The normalized spacial score (nSPS) is 20.7. The molecule has 1 rings (SSSR count). The van der Waals surface area contributed by atoms with Gasteiger partial charge in [0.15, 0.2) is 0 Å². The van der Waals surface area contributed by atoms with Crippen molar-refractivity contribution in [3.63, 3.8) is 0 Å². The summed E-state index contributed by atoms with van der Waals surface area (Å²) in [4.78, 5) is 11.9. The van der Waals surface area contributed by atoms with Crippen LogP contribution in [0.4, 0.5) is 0 Å². The quantitative estimate of drug-likeness (QED) is 0.765. The summed E-state index contributed by atoms with van der Waals surface area (Å²) in [7, 11) is 0. The molecule has 0 radical (unpaired) electrons. The van der Waals surface area contributed by atoms with E-state index < -0.39 is 0 Å². The van der Waals surface area contributed by atoms with E-state index in [-0.39, 0.29) is 11.9 Å². The highest BCUT2D eigenvalue weighted by Crippen LogP contribution is 2.26. The van der Waals surface area contributed by atoms with Crippen LogP contribution in [0.5, 0.6) is 0 Å². The van der Waals surface area contributed by atoms with Crippen LogP contribution in [0.2, 0.25) is 0 Å². The van der Waals surface area contributed by atoms with Gasteiger partial charge in [-0.2, -0.15) is 0 Å². The van der Waals surface area contributed by atoms with E-state index in [1.54, 1.807) is 0 Å². The molecule has 1 saturated carbocycles. The molecule has 1 aliphatic rings. The zero-order chi connectivity index (χ0) is 13.5. The molecule has 18 heavy (non-hydrogen) atoms. The van der Waals surface area contributed by atoms with Gasteiger partial charge in [-0.05, 0) is 38.5 Å². The van der Waals surface area contributed by atoms with Crippen molar-refractivity contribution in [1.82, 2.24) is 10.6 Å². The highest BCUT2D eigenvalue weighted by Gasteiger charge is 2.23. The first kappa shape index (κ1) is 15.5. The summed E-state index contributed by atoms with van der Waals surface area (Å²) < 4.78 is 0. The van der Waals surface area contributed by atoms with Gasteiger partial charge in [0.25, 0.3) is 0 Å². The zero-order valence-corrected chi connectivity index (χ0v) is 12.5. The minimum absolute atomic E-state index is 0.0827. The van der Waals surface area contributed by atoms with Crippen molar-refractivity contribution in [2.75, 3.05) is 6.54 Å². The van der Waals surface area contributed by atoms with Crippen molar-refractivity contribution in [2.45, 2.75) is 71.9 Å². The fourth-order valence-corrected chi connectivity index (χ4v) is 2.70. The SMILES string of the molecule is CC(C)CNC(=O)C(C)NC(C)C1CCCCC1. The molecule has 0 spiro atoms. The average molecular weight is 254 g/mol. The van der Waals surface area contributed by atoms with Gasteiger partial charge < -0.3 is 10.6 Å². The molecule has 1 fully saturated rings. The maximum absolute atomic E-state index is 11.9. The first-order valence-corrected chi connectivity index (χ1v) is 7.54. The lowest BCUT2D eigenvalue weighted by Gasteiger charge is -2.30. The van der Waals surface area contributed by atoms with Crippen molar-refractivity contribution >= 4 is 5.91 Å². The van der Waals surface area contributed by atoms with Crippen LogP contribution in [-0.2, 0) is 4.79 Å². The number of carbonyl (C=O) groups is 1. The van der Waals surface area contributed by atoms with Crippen LogP contribution in [0, 0.1) is 11.8 Å². The lowest BCUT2D eigenvalue weighted by molar-refractivity contribution is -0.123. The monoisotopic (exact) mass is 254 g/mol. The second-order valence-electron chi connectivity index (χ2n) is 6.21. The summed E-state index contributed by atoms with van der Waals surface area (Å²) >= 11 is 0. The Morgan fingerprint density at radius 2 is 1.72 bits per heavy atom. The third-order valence-electron chi connectivity index (χ3n) is 3.95. The molecule has 1 aliphatic carbocycles. The minimum Gasteiger partial charge on any atom is -0.354 e. The molecule has 0 saturated heterocycles. The van der Waals surface area contributed by atoms with E-state index in [2.05, 4.69) is 31.4 Å². The summed E-state index contributed by atoms with van der Waals surface area (Å²) in [6, 6.07) is 0.366. The standard InChI is InChI=1S/C15H30N2O/c1-11(2)10-16-15(18)13(4)17-12(3)14-8-6-5-7-9-14/h11-14,17H,5-10H2,1-4H3,(H,16,18). The van der Waals surface area contributed by atoms with Crippen molar-refractivity contribution in [2.24, 2.45) is 11.8 Å². The van der Waals surface area contributed by atoms with Gasteiger partial charge in [-0.1, -0.05) is 33.1 Å². The Kier molecular flexibility index (Phi) is 6.69. The van der Waals surface area contributed by atoms with Gasteiger partial charge >= 0.3 is 0 Å². The highest BCUT2D eigenvalue weighted by atomic mass is 16.2. The smallest absolute Gasteiger partial charge is 0.236 e. The van der Waals surface area contributed by atoms with Crippen LogP contribution in [0.1, 0.15) is 59.8 Å². The maximum atomic E-state index is 11.9. The Labute approximate surface area is 112 Å². The molecule has 3 heteroatoms. The summed E-state index contributed by atoms with van der Waals surface area (Å²) in [6.07, 6.45) is 6.71. The highest BCUT2D eigenvalue weighted by molar-refractivity contribution is 5.81. The summed E-state index contributed by atoms with van der Waals surface area (Å²) in [5, 5.41) is 6.45. The molecule has 0 aromatic heterocycles.